The summed E-state index contributed by atoms with van der Waals surface area (Å²) in [7, 11) is 5.63. The Hall–Kier alpha value is -1.06. The number of aliphatic hydroxyl groups excluding tert-OH is 1. The fourth-order valence-electron chi connectivity index (χ4n) is 2.04. The third-order valence-electron chi connectivity index (χ3n) is 3.18. The van der Waals surface area contributed by atoms with E-state index < -0.39 is 6.10 Å². The second kappa shape index (κ2) is 6.92. The van der Waals surface area contributed by atoms with Crippen molar-refractivity contribution in [3.8, 4) is 0 Å². The Labute approximate surface area is 124 Å². The van der Waals surface area contributed by atoms with E-state index in [-0.39, 0.29) is 0 Å². The fraction of sp³-hybridized carbons (Fsp3) is 0.250. The minimum Gasteiger partial charge on any atom is -0.388 e. The van der Waals surface area contributed by atoms with Crippen LogP contribution in [-0.2, 0) is 6.42 Å². The van der Waals surface area contributed by atoms with Gasteiger partial charge in [-0.25, -0.2) is 0 Å². The number of rotatable bonds is 5. The molecule has 0 aliphatic rings. The first-order valence-corrected chi connectivity index (χ1v) is 7.22. The van der Waals surface area contributed by atoms with Crippen LogP contribution in [0.5, 0.6) is 0 Å². The standard InChI is InChI=1S/C16H16BBrO/c17-14-8-6-13(7-9-14)16(19)3-1-2-12-4-10-15(18)11-5-12/h4-11,16,19H,1-3H2/t16-/m1/s1. The molecule has 96 valence electrons. The highest BCUT2D eigenvalue weighted by Crippen LogP contribution is 2.19. The van der Waals surface area contributed by atoms with E-state index in [1.807, 2.05) is 36.4 Å². The molecule has 0 aromatic heterocycles. The molecule has 0 aliphatic carbocycles. The van der Waals surface area contributed by atoms with Gasteiger partial charge in [0.2, 0.25) is 0 Å². The zero-order valence-corrected chi connectivity index (χ0v) is 12.3. The number of hydrogen-bond acceptors (Lipinski definition) is 1. The van der Waals surface area contributed by atoms with Gasteiger partial charge in [0, 0.05) is 4.47 Å². The van der Waals surface area contributed by atoms with Crippen LogP contribution in [-0.4, -0.2) is 13.0 Å². The van der Waals surface area contributed by atoms with Gasteiger partial charge in [0.15, 0.2) is 0 Å². The largest absolute Gasteiger partial charge is 0.388 e. The third-order valence-corrected chi connectivity index (χ3v) is 3.71. The van der Waals surface area contributed by atoms with Crippen LogP contribution in [0.3, 0.4) is 0 Å². The Bertz CT molecular complexity index is 507. The van der Waals surface area contributed by atoms with Gasteiger partial charge in [0.05, 0.1) is 6.10 Å². The normalized spacial score (nSPS) is 12.3. The van der Waals surface area contributed by atoms with Crippen LogP contribution in [0, 0.1) is 0 Å². The Morgan fingerprint density at radius 3 is 2.26 bits per heavy atom. The van der Waals surface area contributed by atoms with Crippen LogP contribution < -0.4 is 5.46 Å². The van der Waals surface area contributed by atoms with E-state index in [4.69, 9.17) is 7.85 Å². The molecule has 19 heavy (non-hydrogen) atoms. The molecule has 1 atom stereocenters. The molecule has 1 N–H and O–H groups in total. The highest BCUT2D eigenvalue weighted by atomic mass is 79.9. The summed E-state index contributed by atoms with van der Waals surface area (Å²) in [6.07, 6.45) is 2.31. The van der Waals surface area contributed by atoms with Crippen LogP contribution in [0.1, 0.15) is 30.1 Å². The molecule has 0 amide bonds. The molecule has 1 nitrogen and oxygen atoms in total. The van der Waals surface area contributed by atoms with Gasteiger partial charge >= 0.3 is 0 Å². The molecule has 3 heteroatoms. The molecule has 2 aromatic rings. The second-order valence-corrected chi connectivity index (χ2v) is 5.62. The first-order valence-electron chi connectivity index (χ1n) is 6.43. The van der Waals surface area contributed by atoms with Crippen molar-refractivity contribution in [1.82, 2.24) is 0 Å². The van der Waals surface area contributed by atoms with Gasteiger partial charge in [-0.15, -0.1) is 0 Å². The number of benzene rings is 2. The van der Waals surface area contributed by atoms with Gasteiger partial charge in [-0.3, -0.25) is 0 Å². The summed E-state index contributed by atoms with van der Waals surface area (Å²) in [5.41, 5.74) is 2.96. The predicted octanol–water partition coefficient (Wildman–Crippen LogP) is 3.30. The van der Waals surface area contributed by atoms with Crippen LogP contribution in [0.25, 0.3) is 0 Å². The summed E-state index contributed by atoms with van der Waals surface area (Å²) >= 11 is 3.42. The zero-order valence-electron chi connectivity index (χ0n) is 10.7. The summed E-state index contributed by atoms with van der Waals surface area (Å²) in [4.78, 5) is 0. The SMILES string of the molecule is [B]c1ccc([C@H](O)CCCc2ccc(Br)cc2)cc1. The van der Waals surface area contributed by atoms with Crippen molar-refractivity contribution in [2.45, 2.75) is 25.4 Å². The van der Waals surface area contributed by atoms with Crippen molar-refractivity contribution >= 4 is 29.2 Å². The molecular weight excluding hydrogens is 299 g/mol. The number of halogens is 1. The summed E-state index contributed by atoms with van der Waals surface area (Å²) in [6.45, 7) is 0. The molecule has 2 rings (SSSR count). The van der Waals surface area contributed by atoms with Crippen LogP contribution in [0.4, 0.5) is 0 Å². The van der Waals surface area contributed by atoms with E-state index >= 15 is 0 Å². The van der Waals surface area contributed by atoms with Crippen molar-refractivity contribution in [3.05, 3.63) is 64.1 Å². The van der Waals surface area contributed by atoms with Gasteiger partial charge in [-0.1, -0.05) is 57.8 Å². The summed E-state index contributed by atoms with van der Waals surface area (Å²) in [5, 5.41) is 10.1. The summed E-state index contributed by atoms with van der Waals surface area (Å²) in [6, 6.07) is 15.7. The third kappa shape index (κ3) is 4.52. The van der Waals surface area contributed by atoms with E-state index in [1.54, 1.807) is 0 Å². The number of hydrogen-bond donors (Lipinski definition) is 1. The predicted molar refractivity (Wildman–Crippen MR) is 83.9 cm³/mol. The van der Waals surface area contributed by atoms with E-state index in [1.165, 1.54) is 5.56 Å². The number of aryl methyl sites for hydroxylation is 1. The monoisotopic (exact) mass is 314 g/mol. The Balaban J connectivity index is 1.82. The molecule has 0 saturated heterocycles. The van der Waals surface area contributed by atoms with Crippen molar-refractivity contribution < 1.29 is 5.11 Å². The lowest BCUT2D eigenvalue weighted by molar-refractivity contribution is 0.165. The quantitative estimate of drug-likeness (QED) is 0.840. The molecule has 0 fully saturated rings. The van der Waals surface area contributed by atoms with Gasteiger partial charge in [-0.05, 0) is 42.5 Å². The highest BCUT2D eigenvalue weighted by Gasteiger charge is 2.06. The van der Waals surface area contributed by atoms with E-state index in [9.17, 15) is 5.11 Å². The lowest BCUT2D eigenvalue weighted by atomic mass is 9.93. The molecule has 0 aliphatic heterocycles. The summed E-state index contributed by atoms with van der Waals surface area (Å²) in [5.74, 6) is 0. The van der Waals surface area contributed by atoms with Crippen LogP contribution in [0.15, 0.2) is 53.0 Å². The molecule has 2 aromatic carbocycles. The molecule has 0 spiro atoms. The zero-order chi connectivity index (χ0) is 13.7. The van der Waals surface area contributed by atoms with Crippen molar-refractivity contribution in [2.75, 3.05) is 0 Å². The van der Waals surface area contributed by atoms with Gasteiger partial charge < -0.3 is 5.11 Å². The smallest absolute Gasteiger partial charge is 0.113 e. The van der Waals surface area contributed by atoms with E-state index in [2.05, 4.69) is 28.1 Å². The van der Waals surface area contributed by atoms with E-state index in [0.29, 0.717) is 0 Å². The maximum absolute atomic E-state index is 10.1. The first kappa shape index (κ1) is 14.4. The fourth-order valence-corrected chi connectivity index (χ4v) is 2.30. The molecule has 2 radical (unpaired) electrons. The Kier molecular flexibility index (Phi) is 5.23. The first-order chi connectivity index (χ1) is 9.15. The van der Waals surface area contributed by atoms with Crippen molar-refractivity contribution in [3.63, 3.8) is 0 Å². The maximum atomic E-state index is 10.1. The van der Waals surface area contributed by atoms with Crippen molar-refractivity contribution in [1.29, 1.82) is 0 Å². The van der Waals surface area contributed by atoms with Crippen LogP contribution >= 0.6 is 15.9 Å². The second-order valence-electron chi connectivity index (χ2n) is 4.70. The molecule has 0 unspecified atom stereocenters. The van der Waals surface area contributed by atoms with Gasteiger partial charge in [0.1, 0.15) is 7.85 Å². The molecule has 0 saturated carbocycles. The number of aliphatic hydroxyl groups is 1. The maximum Gasteiger partial charge on any atom is 0.113 e. The molecular formula is C16H16BBrO. The molecule has 0 bridgehead atoms. The van der Waals surface area contributed by atoms with E-state index in [0.717, 1.165) is 34.8 Å². The Morgan fingerprint density at radius 2 is 1.63 bits per heavy atom. The highest BCUT2D eigenvalue weighted by molar-refractivity contribution is 9.10. The van der Waals surface area contributed by atoms with Gasteiger partial charge in [0.25, 0.3) is 0 Å². The average molecular weight is 315 g/mol. The van der Waals surface area contributed by atoms with Crippen molar-refractivity contribution in [2.24, 2.45) is 0 Å². The Morgan fingerprint density at radius 1 is 1.00 bits per heavy atom. The van der Waals surface area contributed by atoms with Crippen LogP contribution in [0.2, 0.25) is 0 Å². The summed E-state index contributed by atoms with van der Waals surface area (Å²) < 4.78 is 1.10. The topological polar surface area (TPSA) is 20.2 Å². The minimum atomic E-state index is -0.406. The molecule has 0 heterocycles. The minimum absolute atomic E-state index is 0.406. The van der Waals surface area contributed by atoms with Gasteiger partial charge in [-0.2, -0.15) is 0 Å². The lowest BCUT2D eigenvalue weighted by Crippen LogP contribution is -2.04. The lowest BCUT2D eigenvalue weighted by Gasteiger charge is -2.11. The average Bonchev–Trinajstić information content (AvgIpc) is 2.41.